The molecule has 5 rings (SSSR count). The van der Waals surface area contributed by atoms with Gasteiger partial charge in [-0.05, 0) is 44.2 Å². The Balaban J connectivity index is 1.49. The average molecular weight is 503 g/mol. The lowest BCUT2D eigenvalue weighted by Gasteiger charge is -2.11. The molecule has 37 heavy (non-hydrogen) atoms. The van der Waals surface area contributed by atoms with E-state index in [1.807, 2.05) is 48.9 Å². The van der Waals surface area contributed by atoms with E-state index < -0.39 is 12.3 Å². The van der Waals surface area contributed by atoms with Crippen LogP contribution in [0.15, 0.2) is 66.9 Å². The van der Waals surface area contributed by atoms with Crippen LogP contribution in [0.25, 0.3) is 22.6 Å². The van der Waals surface area contributed by atoms with E-state index in [2.05, 4.69) is 20.5 Å². The number of carbonyl (C=O) groups excluding carboxylic acids is 1. The molecule has 0 aliphatic rings. The van der Waals surface area contributed by atoms with Crippen molar-refractivity contribution in [2.45, 2.75) is 26.8 Å². The van der Waals surface area contributed by atoms with E-state index in [4.69, 9.17) is 4.74 Å². The minimum Gasteiger partial charge on any atom is -0.496 e. The summed E-state index contributed by atoms with van der Waals surface area (Å²) in [6.45, 7) is 4.01. The van der Waals surface area contributed by atoms with Crippen molar-refractivity contribution in [1.82, 2.24) is 29.7 Å². The fourth-order valence-corrected chi connectivity index (χ4v) is 4.31. The van der Waals surface area contributed by atoms with Gasteiger partial charge in [0.05, 0.1) is 30.4 Å². The molecule has 0 unspecified atom stereocenters. The molecule has 3 heterocycles. The Morgan fingerprint density at radius 1 is 1.08 bits per heavy atom. The van der Waals surface area contributed by atoms with Gasteiger partial charge in [-0.2, -0.15) is 10.2 Å². The highest BCUT2D eigenvalue weighted by Crippen LogP contribution is 2.32. The third-order valence-electron chi connectivity index (χ3n) is 6.22. The number of fused-ring (bicyclic) bond motifs is 1. The van der Waals surface area contributed by atoms with Gasteiger partial charge in [-0.3, -0.25) is 4.79 Å². The zero-order valence-corrected chi connectivity index (χ0v) is 20.4. The lowest BCUT2D eigenvalue weighted by atomic mass is 10.1. The molecule has 0 spiro atoms. The number of para-hydroxylation sites is 2. The number of ether oxygens (including phenoxy) is 1. The molecule has 0 atom stereocenters. The first-order valence-corrected chi connectivity index (χ1v) is 11.6. The first-order valence-electron chi connectivity index (χ1n) is 11.6. The van der Waals surface area contributed by atoms with Gasteiger partial charge in [0.2, 0.25) is 0 Å². The molecule has 0 fully saturated rings. The van der Waals surface area contributed by atoms with Gasteiger partial charge >= 0.3 is 0 Å². The Kier molecular flexibility index (Phi) is 6.39. The van der Waals surface area contributed by atoms with Crippen LogP contribution >= 0.6 is 0 Å². The number of hydrogen-bond acceptors (Lipinski definition) is 5. The number of rotatable bonds is 7. The largest absolute Gasteiger partial charge is 0.496 e. The highest BCUT2D eigenvalue weighted by molar-refractivity contribution is 6.00. The van der Waals surface area contributed by atoms with Crippen LogP contribution in [0.2, 0.25) is 0 Å². The molecule has 5 aromatic rings. The average Bonchev–Trinajstić information content (AvgIpc) is 3.47. The van der Waals surface area contributed by atoms with Crippen LogP contribution in [0.3, 0.4) is 0 Å². The lowest BCUT2D eigenvalue weighted by molar-refractivity contribution is 0.0952. The first-order chi connectivity index (χ1) is 17.9. The molecule has 3 aromatic heterocycles. The third-order valence-corrected chi connectivity index (χ3v) is 6.22. The minimum atomic E-state index is -2.83. The van der Waals surface area contributed by atoms with Crippen LogP contribution in [0.1, 0.15) is 39.4 Å². The van der Waals surface area contributed by atoms with Gasteiger partial charge in [0, 0.05) is 23.4 Å². The third kappa shape index (κ3) is 4.42. The number of aryl methyl sites for hydroxylation is 1. The summed E-state index contributed by atoms with van der Waals surface area (Å²) in [6.07, 6.45) is -1.58. The van der Waals surface area contributed by atoms with Gasteiger partial charge in [-0.25, -0.2) is 23.0 Å². The Bertz CT molecular complexity index is 1590. The Morgan fingerprint density at radius 2 is 1.81 bits per heavy atom. The zero-order chi connectivity index (χ0) is 26.1. The van der Waals surface area contributed by atoms with Crippen LogP contribution in [0.4, 0.5) is 8.78 Å². The maximum absolute atomic E-state index is 14.0. The predicted molar refractivity (Wildman–Crippen MR) is 134 cm³/mol. The maximum Gasteiger partial charge on any atom is 0.280 e. The predicted octanol–water partition coefficient (Wildman–Crippen LogP) is 5.08. The van der Waals surface area contributed by atoms with Crippen molar-refractivity contribution in [1.29, 1.82) is 0 Å². The molecule has 188 valence electrons. The SMILES string of the molecule is COc1ccccc1-c1cc(C(F)F)n2ncc(C(=O)NCc3c(C)nn(-c4ccccc4)c3C)c2n1. The Labute approximate surface area is 211 Å². The van der Waals surface area contributed by atoms with Crippen LogP contribution in [-0.2, 0) is 6.54 Å². The van der Waals surface area contributed by atoms with E-state index >= 15 is 0 Å². The summed E-state index contributed by atoms with van der Waals surface area (Å²) in [7, 11) is 1.49. The molecule has 0 saturated carbocycles. The summed E-state index contributed by atoms with van der Waals surface area (Å²) < 4.78 is 36.1. The molecule has 0 aliphatic heterocycles. The van der Waals surface area contributed by atoms with Gasteiger partial charge in [0.25, 0.3) is 12.3 Å². The smallest absolute Gasteiger partial charge is 0.280 e. The number of halogens is 2. The van der Waals surface area contributed by atoms with Gasteiger partial charge < -0.3 is 10.1 Å². The highest BCUT2D eigenvalue weighted by Gasteiger charge is 2.23. The van der Waals surface area contributed by atoms with E-state index in [1.165, 1.54) is 19.4 Å². The van der Waals surface area contributed by atoms with Crippen molar-refractivity contribution in [2.75, 3.05) is 7.11 Å². The lowest BCUT2D eigenvalue weighted by Crippen LogP contribution is -2.23. The molecule has 2 aromatic carbocycles. The molecule has 10 heteroatoms. The number of nitrogens with zero attached hydrogens (tertiary/aromatic N) is 5. The summed E-state index contributed by atoms with van der Waals surface area (Å²) in [5.41, 5.74) is 3.97. The summed E-state index contributed by atoms with van der Waals surface area (Å²) in [5.74, 6) is -0.00221. The van der Waals surface area contributed by atoms with E-state index in [-0.39, 0.29) is 29.1 Å². The van der Waals surface area contributed by atoms with Crippen LogP contribution in [-0.4, -0.2) is 37.4 Å². The second kappa shape index (κ2) is 9.81. The Morgan fingerprint density at radius 3 is 2.54 bits per heavy atom. The zero-order valence-electron chi connectivity index (χ0n) is 20.4. The molecular formula is C27H24F2N6O2. The molecule has 0 bridgehead atoms. The molecule has 0 radical (unpaired) electrons. The number of hydrogen-bond donors (Lipinski definition) is 1. The number of benzene rings is 2. The number of alkyl halides is 2. The monoisotopic (exact) mass is 502 g/mol. The van der Waals surface area contributed by atoms with Gasteiger partial charge in [-0.15, -0.1) is 0 Å². The normalized spacial score (nSPS) is 11.3. The fourth-order valence-electron chi connectivity index (χ4n) is 4.31. The van der Waals surface area contributed by atoms with E-state index in [0.717, 1.165) is 27.2 Å². The van der Waals surface area contributed by atoms with Crippen molar-refractivity contribution in [3.05, 3.63) is 95.1 Å². The Hall–Kier alpha value is -4.60. The number of amides is 1. The first kappa shape index (κ1) is 24.1. The molecule has 1 amide bonds. The van der Waals surface area contributed by atoms with Crippen molar-refractivity contribution < 1.29 is 18.3 Å². The van der Waals surface area contributed by atoms with Gasteiger partial charge in [0.15, 0.2) is 5.65 Å². The van der Waals surface area contributed by atoms with Crippen molar-refractivity contribution in [3.8, 4) is 22.7 Å². The molecule has 0 saturated heterocycles. The second-order valence-corrected chi connectivity index (χ2v) is 8.44. The van der Waals surface area contributed by atoms with E-state index in [9.17, 15) is 13.6 Å². The quantitative estimate of drug-likeness (QED) is 0.336. The number of aromatic nitrogens is 5. The van der Waals surface area contributed by atoms with Crippen LogP contribution in [0, 0.1) is 13.8 Å². The van der Waals surface area contributed by atoms with E-state index in [0.29, 0.717) is 11.3 Å². The van der Waals surface area contributed by atoms with Crippen molar-refractivity contribution in [3.63, 3.8) is 0 Å². The van der Waals surface area contributed by atoms with Crippen LogP contribution < -0.4 is 10.1 Å². The summed E-state index contributed by atoms with van der Waals surface area (Å²) in [6, 6.07) is 17.9. The fraction of sp³-hybridized carbons (Fsp3) is 0.185. The highest BCUT2D eigenvalue weighted by atomic mass is 19.3. The summed E-state index contributed by atoms with van der Waals surface area (Å²) in [4.78, 5) is 17.7. The minimum absolute atomic E-state index is 0.0321. The molecular weight excluding hydrogens is 478 g/mol. The van der Waals surface area contributed by atoms with E-state index in [1.54, 1.807) is 24.3 Å². The molecule has 0 aliphatic carbocycles. The van der Waals surface area contributed by atoms with Crippen molar-refractivity contribution in [2.24, 2.45) is 0 Å². The number of carbonyl (C=O) groups is 1. The molecule has 8 nitrogen and oxygen atoms in total. The summed E-state index contributed by atoms with van der Waals surface area (Å²) >= 11 is 0. The van der Waals surface area contributed by atoms with Gasteiger partial charge in [-0.1, -0.05) is 30.3 Å². The van der Waals surface area contributed by atoms with Gasteiger partial charge in [0.1, 0.15) is 17.0 Å². The topological polar surface area (TPSA) is 86.3 Å². The van der Waals surface area contributed by atoms with Crippen molar-refractivity contribution >= 4 is 11.6 Å². The standard InChI is InChI=1S/C27H24F2N6O2/c1-16-20(17(2)34(33-16)18-9-5-4-6-10-18)14-30-27(36)21-15-31-35-23(25(28)29)13-22(32-26(21)35)19-11-7-8-12-24(19)37-3/h4-13,15,25H,14H2,1-3H3,(H,30,36). The number of methoxy groups -OCH3 is 1. The molecule has 1 N–H and O–H groups in total. The summed E-state index contributed by atoms with van der Waals surface area (Å²) in [5, 5.41) is 11.5. The number of nitrogens with one attached hydrogen (secondary N) is 1. The van der Waals surface area contributed by atoms with Crippen LogP contribution in [0.5, 0.6) is 5.75 Å². The second-order valence-electron chi connectivity index (χ2n) is 8.44. The maximum atomic E-state index is 14.0.